The van der Waals surface area contributed by atoms with Gasteiger partial charge in [-0.1, -0.05) is 22.0 Å². The van der Waals surface area contributed by atoms with Crippen LogP contribution in [0, 0.1) is 5.82 Å². The van der Waals surface area contributed by atoms with E-state index >= 15 is 0 Å². The summed E-state index contributed by atoms with van der Waals surface area (Å²) < 4.78 is 14.0. The number of hydrogen-bond donors (Lipinski definition) is 0. The fourth-order valence-corrected chi connectivity index (χ4v) is 2.76. The minimum absolute atomic E-state index is 0.0433. The number of pyridine rings is 1. The Hall–Kier alpha value is -2.07. The number of nitrogens with zero attached hydrogens (tertiary/aromatic N) is 1. The van der Waals surface area contributed by atoms with Crippen LogP contribution in [0.4, 0.5) is 4.39 Å². The second-order valence-electron chi connectivity index (χ2n) is 4.79. The van der Waals surface area contributed by atoms with Gasteiger partial charge in [0.25, 0.3) is 0 Å². The second-order valence-corrected chi connectivity index (χ2v) is 5.70. The maximum absolute atomic E-state index is 13.3. The summed E-state index contributed by atoms with van der Waals surface area (Å²) in [5.74, 6) is -0.395. The number of ketones is 1. The number of carbonyl (C=O) groups is 1. The Balaban J connectivity index is 1.89. The van der Waals surface area contributed by atoms with E-state index in [0.717, 1.165) is 10.9 Å². The molecule has 0 unspecified atom stereocenters. The first-order chi connectivity index (χ1) is 10.1. The van der Waals surface area contributed by atoms with Gasteiger partial charge in [0.1, 0.15) is 5.82 Å². The van der Waals surface area contributed by atoms with Crippen molar-refractivity contribution in [2.45, 2.75) is 6.42 Å². The van der Waals surface area contributed by atoms with Crippen molar-refractivity contribution in [1.82, 2.24) is 4.98 Å². The highest BCUT2D eigenvalue weighted by molar-refractivity contribution is 9.10. The maximum Gasteiger partial charge on any atom is 0.167 e. The quantitative estimate of drug-likeness (QED) is 0.652. The number of benzene rings is 2. The monoisotopic (exact) mass is 343 g/mol. The van der Waals surface area contributed by atoms with Crippen molar-refractivity contribution in [2.24, 2.45) is 0 Å². The molecule has 1 heterocycles. The summed E-state index contributed by atoms with van der Waals surface area (Å²) in [4.78, 5) is 16.5. The predicted octanol–water partition coefficient (Wildman–Crippen LogP) is 4.56. The number of aromatic nitrogens is 1. The number of hydrogen-bond acceptors (Lipinski definition) is 2. The molecule has 0 spiro atoms. The first kappa shape index (κ1) is 13.9. The minimum Gasteiger partial charge on any atom is -0.294 e. The highest BCUT2D eigenvalue weighted by Gasteiger charge is 2.09. The molecule has 0 aliphatic heterocycles. The van der Waals surface area contributed by atoms with Crippen LogP contribution in [0.5, 0.6) is 0 Å². The van der Waals surface area contributed by atoms with Gasteiger partial charge in [0, 0.05) is 28.0 Å². The van der Waals surface area contributed by atoms with Crippen LogP contribution in [-0.2, 0) is 6.42 Å². The Morgan fingerprint density at radius 3 is 2.81 bits per heavy atom. The molecule has 4 heteroatoms. The first-order valence-electron chi connectivity index (χ1n) is 6.45. The normalized spacial score (nSPS) is 10.8. The fourth-order valence-electron chi connectivity index (χ4n) is 2.25. The molecule has 1 aromatic heterocycles. The van der Waals surface area contributed by atoms with Gasteiger partial charge in [-0.05, 0) is 48.0 Å². The third-order valence-electron chi connectivity index (χ3n) is 3.21. The summed E-state index contributed by atoms with van der Waals surface area (Å²) in [5, 5.41) is 0.920. The molecule has 3 aromatic rings. The number of rotatable bonds is 3. The van der Waals surface area contributed by atoms with Crippen molar-refractivity contribution in [3.05, 3.63) is 76.1 Å². The molecule has 0 atom stereocenters. The van der Waals surface area contributed by atoms with Crippen molar-refractivity contribution >= 4 is 32.6 Å². The lowest BCUT2D eigenvalue weighted by Gasteiger charge is -2.04. The molecule has 0 fully saturated rings. The summed E-state index contributed by atoms with van der Waals surface area (Å²) in [6.45, 7) is 0. The van der Waals surface area contributed by atoms with Crippen LogP contribution in [-0.4, -0.2) is 10.8 Å². The van der Waals surface area contributed by atoms with Crippen molar-refractivity contribution in [3.63, 3.8) is 0 Å². The van der Waals surface area contributed by atoms with Gasteiger partial charge in [-0.3, -0.25) is 9.78 Å². The van der Waals surface area contributed by atoms with Crippen LogP contribution in [0.3, 0.4) is 0 Å². The maximum atomic E-state index is 13.3. The highest BCUT2D eigenvalue weighted by Crippen LogP contribution is 2.18. The Kier molecular flexibility index (Phi) is 3.80. The van der Waals surface area contributed by atoms with Crippen molar-refractivity contribution in [1.29, 1.82) is 0 Å². The zero-order valence-corrected chi connectivity index (χ0v) is 12.6. The predicted molar refractivity (Wildman–Crippen MR) is 83.9 cm³/mol. The van der Waals surface area contributed by atoms with E-state index in [1.807, 2.05) is 24.3 Å². The molecule has 104 valence electrons. The van der Waals surface area contributed by atoms with E-state index < -0.39 is 0 Å². The van der Waals surface area contributed by atoms with E-state index in [1.165, 1.54) is 12.1 Å². The van der Waals surface area contributed by atoms with Gasteiger partial charge in [-0.15, -0.1) is 0 Å². The van der Waals surface area contributed by atoms with Gasteiger partial charge < -0.3 is 0 Å². The Labute approximate surface area is 129 Å². The first-order valence-corrected chi connectivity index (χ1v) is 7.24. The second kappa shape index (κ2) is 5.74. The summed E-state index contributed by atoms with van der Waals surface area (Å²) >= 11 is 3.23. The molecule has 21 heavy (non-hydrogen) atoms. The van der Waals surface area contributed by atoms with Crippen LogP contribution >= 0.6 is 15.9 Å². The van der Waals surface area contributed by atoms with Gasteiger partial charge in [-0.25, -0.2) is 4.39 Å². The van der Waals surface area contributed by atoms with Gasteiger partial charge >= 0.3 is 0 Å². The Bertz CT molecular complexity index is 812. The standard InChI is InChI=1S/C17H11BrFNO/c18-14-6-11(7-15(19)10-14)8-17(21)13-3-4-16-12(9-13)2-1-5-20-16/h1-7,9-10H,8H2. The van der Waals surface area contributed by atoms with E-state index in [4.69, 9.17) is 0 Å². The summed E-state index contributed by atoms with van der Waals surface area (Å²) in [5.41, 5.74) is 2.11. The topological polar surface area (TPSA) is 30.0 Å². The molecule has 0 N–H and O–H groups in total. The molecule has 0 radical (unpaired) electrons. The zero-order chi connectivity index (χ0) is 14.8. The molecule has 2 aromatic carbocycles. The largest absolute Gasteiger partial charge is 0.294 e. The van der Waals surface area contributed by atoms with Crippen LogP contribution in [0.15, 0.2) is 59.2 Å². The summed E-state index contributed by atoms with van der Waals surface area (Å²) in [7, 11) is 0. The smallest absolute Gasteiger partial charge is 0.167 e. The van der Waals surface area contributed by atoms with E-state index in [1.54, 1.807) is 18.3 Å². The van der Waals surface area contributed by atoms with Crippen LogP contribution in [0.1, 0.15) is 15.9 Å². The van der Waals surface area contributed by atoms with E-state index in [9.17, 15) is 9.18 Å². The lowest BCUT2D eigenvalue weighted by molar-refractivity contribution is 0.0993. The highest BCUT2D eigenvalue weighted by atomic mass is 79.9. The lowest BCUT2D eigenvalue weighted by atomic mass is 10.0. The molecule has 0 aliphatic carbocycles. The molecule has 0 aliphatic rings. The van der Waals surface area contributed by atoms with Gasteiger partial charge in [-0.2, -0.15) is 0 Å². The molecular weight excluding hydrogens is 333 g/mol. The fraction of sp³-hybridized carbons (Fsp3) is 0.0588. The SMILES string of the molecule is O=C(Cc1cc(F)cc(Br)c1)c1ccc2ncccc2c1. The van der Waals surface area contributed by atoms with E-state index in [2.05, 4.69) is 20.9 Å². The molecule has 0 saturated heterocycles. The van der Waals surface area contributed by atoms with Crippen LogP contribution in [0.2, 0.25) is 0 Å². The van der Waals surface area contributed by atoms with Crippen LogP contribution < -0.4 is 0 Å². The van der Waals surface area contributed by atoms with Crippen LogP contribution in [0.25, 0.3) is 10.9 Å². The molecular formula is C17H11BrFNO. The van der Waals surface area contributed by atoms with Crippen molar-refractivity contribution in [3.8, 4) is 0 Å². The van der Waals surface area contributed by atoms with E-state index in [0.29, 0.717) is 15.6 Å². The van der Waals surface area contributed by atoms with Crippen molar-refractivity contribution in [2.75, 3.05) is 0 Å². The Morgan fingerprint density at radius 1 is 1.14 bits per heavy atom. The average molecular weight is 344 g/mol. The number of Topliss-reactive ketones (excluding diaryl/α,β-unsaturated/α-hetero) is 1. The molecule has 0 amide bonds. The molecule has 2 nitrogen and oxygen atoms in total. The number of fused-ring (bicyclic) bond motifs is 1. The summed E-state index contributed by atoms with van der Waals surface area (Å²) in [6.07, 6.45) is 1.89. The van der Waals surface area contributed by atoms with Gasteiger partial charge in [0.15, 0.2) is 5.78 Å². The number of carbonyl (C=O) groups excluding carboxylic acids is 1. The Morgan fingerprint density at radius 2 is 2.00 bits per heavy atom. The average Bonchev–Trinajstić information content (AvgIpc) is 2.45. The third kappa shape index (κ3) is 3.16. The van der Waals surface area contributed by atoms with Gasteiger partial charge in [0.2, 0.25) is 0 Å². The lowest BCUT2D eigenvalue weighted by Crippen LogP contribution is -2.04. The third-order valence-corrected chi connectivity index (χ3v) is 3.67. The summed E-state index contributed by atoms with van der Waals surface area (Å²) in [6, 6.07) is 13.7. The molecule has 0 saturated carbocycles. The number of halogens is 2. The molecule has 0 bridgehead atoms. The zero-order valence-electron chi connectivity index (χ0n) is 11.0. The molecule has 3 rings (SSSR count). The minimum atomic E-state index is -0.352. The van der Waals surface area contributed by atoms with E-state index in [-0.39, 0.29) is 18.0 Å². The van der Waals surface area contributed by atoms with Gasteiger partial charge in [0.05, 0.1) is 5.52 Å². The van der Waals surface area contributed by atoms with Crippen molar-refractivity contribution < 1.29 is 9.18 Å².